The van der Waals surface area contributed by atoms with Crippen LogP contribution >= 0.6 is 0 Å². The van der Waals surface area contributed by atoms with Crippen molar-refractivity contribution in [3.05, 3.63) is 83.3 Å². The van der Waals surface area contributed by atoms with Crippen molar-refractivity contribution >= 4 is 5.91 Å². The van der Waals surface area contributed by atoms with E-state index in [2.05, 4.69) is 10.1 Å². The van der Waals surface area contributed by atoms with Crippen LogP contribution in [0.3, 0.4) is 0 Å². The lowest BCUT2D eigenvalue weighted by molar-refractivity contribution is 0.0723. The van der Waals surface area contributed by atoms with Gasteiger partial charge in [0.2, 0.25) is 0 Å². The number of rotatable bonds is 6. The number of likely N-dealkylation sites (tertiary alicyclic amines) is 1. The van der Waals surface area contributed by atoms with E-state index in [1.165, 1.54) is 12.1 Å². The third-order valence-corrected chi connectivity index (χ3v) is 4.74. The highest BCUT2D eigenvalue weighted by molar-refractivity contribution is 5.94. The second kappa shape index (κ2) is 8.31. The van der Waals surface area contributed by atoms with Crippen molar-refractivity contribution in [1.29, 1.82) is 0 Å². The summed E-state index contributed by atoms with van der Waals surface area (Å²) in [5, 5.41) is 4.02. The monoisotopic (exact) mass is 381 g/mol. The number of hydrogen-bond donors (Lipinski definition) is 0. The molecule has 1 fully saturated rings. The smallest absolute Gasteiger partial charge is 0.257 e. The lowest BCUT2D eigenvalue weighted by atomic mass is 10.1. The van der Waals surface area contributed by atoms with Gasteiger partial charge in [-0.05, 0) is 30.5 Å². The van der Waals surface area contributed by atoms with Gasteiger partial charge in [0, 0.05) is 6.54 Å². The highest BCUT2D eigenvalue weighted by Crippen LogP contribution is 2.32. The van der Waals surface area contributed by atoms with Gasteiger partial charge in [0.25, 0.3) is 11.8 Å². The minimum atomic E-state index is -0.527. The molecular formula is C21H20FN3O3. The standard InChI is InChI=1S/C21H20FN3O3/c22-17-10-5-4-9-16(17)21(26)25-12-6-11-18(25)20-23-19(28-24-20)14-27-13-15-7-2-1-3-8-15/h1-5,7-10,18H,6,11-14H2. The van der Waals surface area contributed by atoms with Crippen LogP contribution in [0.25, 0.3) is 0 Å². The van der Waals surface area contributed by atoms with E-state index in [1.807, 2.05) is 30.3 Å². The second-order valence-electron chi connectivity index (χ2n) is 6.66. The summed E-state index contributed by atoms with van der Waals surface area (Å²) in [6.45, 7) is 1.17. The Balaban J connectivity index is 1.41. The normalized spacial score (nSPS) is 16.5. The fraction of sp³-hybridized carbons (Fsp3) is 0.286. The average molecular weight is 381 g/mol. The first-order valence-corrected chi connectivity index (χ1v) is 9.22. The van der Waals surface area contributed by atoms with Crippen LogP contribution in [0.4, 0.5) is 4.39 Å². The van der Waals surface area contributed by atoms with E-state index in [1.54, 1.807) is 17.0 Å². The molecule has 3 aromatic rings. The first-order valence-electron chi connectivity index (χ1n) is 9.22. The van der Waals surface area contributed by atoms with E-state index in [0.717, 1.165) is 12.0 Å². The van der Waals surface area contributed by atoms with E-state index in [4.69, 9.17) is 9.26 Å². The molecule has 1 amide bonds. The Morgan fingerprint density at radius 3 is 2.75 bits per heavy atom. The molecular weight excluding hydrogens is 361 g/mol. The number of nitrogens with zero attached hydrogens (tertiary/aromatic N) is 3. The molecule has 0 aliphatic carbocycles. The molecule has 1 aliphatic rings. The van der Waals surface area contributed by atoms with E-state index in [-0.39, 0.29) is 24.1 Å². The number of carbonyl (C=O) groups excluding carboxylic acids is 1. The minimum absolute atomic E-state index is 0.0595. The Morgan fingerprint density at radius 1 is 1.14 bits per heavy atom. The van der Waals surface area contributed by atoms with Gasteiger partial charge in [-0.1, -0.05) is 47.6 Å². The summed E-state index contributed by atoms with van der Waals surface area (Å²) in [5.41, 5.74) is 1.11. The zero-order valence-corrected chi connectivity index (χ0v) is 15.3. The van der Waals surface area contributed by atoms with Crippen LogP contribution in [-0.4, -0.2) is 27.5 Å². The summed E-state index contributed by atoms with van der Waals surface area (Å²) < 4.78 is 24.9. The Kier molecular flexibility index (Phi) is 5.43. The Bertz CT molecular complexity index is 945. The summed E-state index contributed by atoms with van der Waals surface area (Å²) in [5.74, 6) is -0.0924. The number of halogens is 1. The quantitative estimate of drug-likeness (QED) is 0.648. The molecule has 6 nitrogen and oxygen atoms in total. The number of aromatic nitrogens is 2. The molecule has 1 aliphatic heterocycles. The van der Waals surface area contributed by atoms with Gasteiger partial charge >= 0.3 is 0 Å². The molecule has 0 spiro atoms. The number of hydrogen-bond acceptors (Lipinski definition) is 5. The molecule has 0 N–H and O–H groups in total. The largest absolute Gasteiger partial charge is 0.367 e. The molecule has 1 unspecified atom stereocenters. The first-order chi connectivity index (χ1) is 13.7. The molecule has 144 valence electrons. The Hall–Kier alpha value is -3.06. The van der Waals surface area contributed by atoms with Gasteiger partial charge in [-0.3, -0.25) is 4.79 Å². The van der Waals surface area contributed by atoms with Crippen molar-refractivity contribution in [2.45, 2.75) is 32.1 Å². The van der Waals surface area contributed by atoms with Crippen molar-refractivity contribution in [1.82, 2.24) is 15.0 Å². The van der Waals surface area contributed by atoms with Crippen molar-refractivity contribution < 1.29 is 18.4 Å². The fourth-order valence-corrected chi connectivity index (χ4v) is 3.36. The fourth-order valence-electron chi connectivity index (χ4n) is 3.36. The van der Waals surface area contributed by atoms with E-state index in [0.29, 0.717) is 31.3 Å². The zero-order valence-electron chi connectivity index (χ0n) is 15.3. The number of benzene rings is 2. The van der Waals surface area contributed by atoms with Crippen molar-refractivity contribution in [2.24, 2.45) is 0 Å². The maximum Gasteiger partial charge on any atom is 0.257 e. The molecule has 28 heavy (non-hydrogen) atoms. The van der Waals surface area contributed by atoms with Crippen LogP contribution in [-0.2, 0) is 18.0 Å². The molecule has 0 saturated carbocycles. The van der Waals surface area contributed by atoms with Crippen LogP contribution in [0.1, 0.15) is 46.5 Å². The summed E-state index contributed by atoms with van der Waals surface area (Å²) >= 11 is 0. The van der Waals surface area contributed by atoms with Crippen LogP contribution in [0.15, 0.2) is 59.1 Å². The molecule has 0 radical (unpaired) electrons. The summed E-state index contributed by atoms with van der Waals surface area (Å²) in [4.78, 5) is 18.8. The van der Waals surface area contributed by atoms with Crippen LogP contribution in [0, 0.1) is 5.82 Å². The third kappa shape index (κ3) is 3.94. The van der Waals surface area contributed by atoms with Crippen molar-refractivity contribution in [2.75, 3.05) is 6.54 Å². The topological polar surface area (TPSA) is 68.5 Å². The van der Waals surface area contributed by atoms with Gasteiger partial charge in [-0.25, -0.2) is 4.39 Å². The third-order valence-electron chi connectivity index (χ3n) is 4.74. The molecule has 2 aromatic carbocycles. The van der Waals surface area contributed by atoms with Gasteiger partial charge in [-0.2, -0.15) is 4.98 Å². The zero-order chi connectivity index (χ0) is 19.3. The van der Waals surface area contributed by atoms with Gasteiger partial charge < -0.3 is 14.2 Å². The van der Waals surface area contributed by atoms with E-state index >= 15 is 0 Å². The molecule has 4 rings (SSSR count). The molecule has 1 saturated heterocycles. The van der Waals surface area contributed by atoms with E-state index < -0.39 is 5.82 Å². The van der Waals surface area contributed by atoms with Crippen LogP contribution < -0.4 is 0 Å². The van der Waals surface area contributed by atoms with Gasteiger partial charge in [0.1, 0.15) is 12.4 Å². The summed E-state index contributed by atoms with van der Waals surface area (Å²) in [6, 6.07) is 15.5. The molecule has 7 heteroatoms. The first kappa shape index (κ1) is 18.3. The highest BCUT2D eigenvalue weighted by Gasteiger charge is 2.34. The maximum atomic E-state index is 14.0. The summed E-state index contributed by atoms with van der Waals surface area (Å²) in [6.07, 6.45) is 1.52. The Labute approximate surface area is 161 Å². The van der Waals surface area contributed by atoms with E-state index in [9.17, 15) is 9.18 Å². The molecule has 0 bridgehead atoms. The molecule has 1 atom stereocenters. The predicted molar refractivity (Wildman–Crippen MR) is 98.6 cm³/mol. The molecule has 2 heterocycles. The maximum absolute atomic E-state index is 14.0. The van der Waals surface area contributed by atoms with Crippen molar-refractivity contribution in [3.8, 4) is 0 Å². The minimum Gasteiger partial charge on any atom is -0.367 e. The van der Waals surface area contributed by atoms with Gasteiger partial charge in [0.05, 0.1) is 18.2 Å². The highest BCUT2D eigenvalue weighted by atomic mass is 19.1. The Morgan fingerprint density at radius 2 is 1.93 bits per heavy atom. The predicted octanol–water partition coefficient (Wildman–Crippen LogP) is 3.90. The average Bonchev–Trinajstić information content (AvgIpc) is 3.38. The van der Waals surface area contributed by atoms with Gasteiger partial charge in [0.15, 0.2) is 5.82 Å². The molecule has 1 aromatic heterocycles. The second-order valence-corrected chi connectivity index (χ2v) is 6.66. The SMILES string of the molecule is O=C(c1ccccc1F)N1CCCC1c1noc(COCc2ccccc2)n1. The lowest BCUT2D eigenvalue weighted by Gasteiger charge is -2.22. The van der Waals surface area contributed by atoms with Crippen molar-refractivity contribution in [3.63, 3.8) is 0 Å². The number of carbonyl (C=O) groups is 1. The lowest BCUT2D eigenvalue weighted by Crippen LogP contribution is -2.31. The number of amides is 1. The van der Waals surface area contributed by atoms with Gasteiger partial charge in [-0.15, -0.1) is 0 Å². The summed E-state index contributed by atoms with van der Waals surface area (Å²) in [7, 11) is 0. The number of ether oxygens (including phenoxy) is 1. The van der Waals surface area contributed by atoms with Crippen LogP contribution in [0.2, 0.25) is 0 Å². The van der Waals surface area contributed by atoms with Crippen LogP contribution in [0.5, 0.6) is 0 Å².